The van der Waals surface area contributed by atoms with Crippen LogP contribution in [0.1, 0.15) is 19.8 Å². The summed E-state index contributed by atoms with van der Waals surface area (Å²) in [6.07, 6.45) is 2.49. The Bertz CT molecular complexity index is 664. The van der Waals surface area contributed by atoms with Gasteiger partial charge in [-0.15, -0.1) is 0 Å². The summed E-state index contributed by atoms with van der Waals surface area (Å²) in [5, 5.41) is 9.46. The van der Waals surface area contributed by atoms with Crippen LogP contribution in [0.2, 0.25) is 5.02 Å². The molecule has 0 saturated carbocycles. The lowest BCUT2D eigenvalue weighted by atomic mass is 9.93. The predicted molar refractivity (Wildman–Crippen MR) is 77.4 cm³/mol. The second-order valence-corrected chi connectivity index (χ2v) is 7.35. The Morgan fingerprint density at radius 1 is 1.57 bits per heavy atom. The van der Waals surface area contributed by atoms with Gasteiger partial charge in [0, 0.05) is 12.7 Å². The Labute approximate surface area is 127 Å². The van der Waals surface area contributed by atoms with Gasteiger partial charge in [0.15, 0.2) is 0 Å². The highest BCUT2D eigenvalue weighted by Gasteiger charge is 2.42. The van der Waals surface area contributed by atoms with Crippen LogP contribution in [0.15, 0.2) is 17.2 Å². The number of carboxylic acid groups (broad SMARTS) is 1. The maximum Gasteiger partial charge on any atom is 0.322 e. The molecular formula is C12H16ClN3O4S. The SMILES string of the molecule is CC1CCCN(S(=O)(=O)c2cc(Cl)cnc2N)C1C(=O)O. The maximum absolute atomic E-state index is 12.7. The molecule has 2 atom stereocenters. The van der Waals surface area contributed by atoms with Gasteiger partial charge in [0.1, 0.15) is 16.8 Å². The topological polar surface area (TPSA) is 114 Å². The number of anilines is 1. The third-order valence-corrected chi connectivity index (χ3v) is 5.69. The Morgan fingerprint density at radius 2 is 2.24 bits per heavy atom. The van der Waals surface area contributed by atoms with Gasteiger partial charge in [0.05, 0.1) is 5.02 Å². The summed E-state index contributed by atoms with van der Waals surface area (Å²) >= 11 is 5.77. The molecule has 1 saturated heterocycles. The molecule has 2 unspecified atom stereocenters. The Balaban J connectivity index is 2.51. The minimum absolute atomic E-state index is 0.125. The monoisotopic (exact) mass is 333 g/mol. The van der Waals surface area contributed by atoms with Crippen molar-refractivity contribution >= 4 is 33.4 Å². The van der Waals surface area contributed by atoms with Crippen molar-refractivity contribution in [1.82, 2.24) is 9.29 Å². The molecule has 0 bridgehead atoms. The molecule has 1 aromatic rings. The van der Waals surface area contributed by atoms with Gasteiger partial charge in [-0.25, -0.2) is 13.4 Å². The van der Waals surface area contributed by atoms with E-state index >= 15 is 0 Å². The highest BCUT2D eigenvalue weighted by Crippen LogP contribution is 2.31. The quantitative estimate of drug-likeness (QED) is 0.858. The second kappa shape index (κ2) is 5.78. The first kappa shape index (κ1) is 16.0. The van der Waals surface area contributed by atoms with E-state index in [9.17, 15) is 18.3 Å². The van der Waals surface area contributed by atoms with E-state index in [2.05, 4.69) is 4.98 Å². The van der Waals surface area contributed by atoms with Crippen LogP contribution in [-0.2, 0) is 14.8 Å². The number of carbonyl (C=O) groups is 1. The average molecular weight is 334 g/mol. The van der Waals surface area contributed by atoms with Crippen molar-refractivity contribution in [2.24, 2.45) is 5.92 Å². The zero-order valence-corrected chi connectivity index (χ0v) is 12.9. The number of aliphatic carboxylic acids is 1. The van der Waals surface area contributed by atoms with E-state index < -0.39 is 22.0 Å². The number of nitrogens with zero attached hydrogens (tertiary/aromatic N) is 2. The number of hydrogen-bond donors (Lipinski definition) is 2. The van der Waals surface area contributed by atoms with Crippen LogP contribution in [0.3, 0.4) is 0 Å². The zero-order valence-electron chi connectivity index (χ0n) is 11.4. The molecule has 0 spiro atoms. The van der Waals surface area contributed by atoms with Crippen LogP contribution >= 0.6 is 11.6 Å². The molecule has 1 aromatic heterocycles. The summed E-state index contributed by atoms with van der Waals surface area (Å²) in [6, 6.07) is 0.0827. The number of rotatable bonds is 3. The summed E-state index contributed by atoms with van der Waals surface area (Å²) < 4.78 is 26.4. The van der Waals surface area contributed by atoms with Gasteiger partial charge in [0.2, 0.25) is 10.0 Å². The molecule has 0 aliphatic carbocycles. The van der Waals surface area contributed by atoms with Crippen LogP contribution in [0, 0.1) is 5.92 Å². The van der Waals surface area contributed by atoms with Gasteiger partial charge < -0.3 is 10.8 Å². The molecule has 9 heteroatoms. The van der Waals surface area contributed by atoms with Crippen LogP contribution in [0.25, 0.3) is 0 Å². The fourth-order valence-corrected chi connectivity index (χ4v) is 4.58. The zero-order chi connectivity index (χ0) is 15.8. The molecule has 1 fully saturated rings. The van der Waals surface area contributed by atoms with Gasteiger partial charge in [-0.2, -0.15) is 4.31 Å². The van der Waals surface area contributed by atoms with Crippen molar-refractivity contribution in [3.05, 3.63) is 17.3 Å². The fourth-order valence-electron chi connectivity index (χ4n) is 2.55. The number of piperidine rings is 1. The normalized spacial score (nSPS) is 23.9. The van der Waals surface area contributed by atoms with E-state index in [4.69, 9.17) is 17.3 Å². The van der Waals surface area contributed by atoms with Gasteiger partial charge >= 0.3 is 5.97 Å². The van der Waals surface area contributed by atoms with E-state index in [0.29, 0.717) is 12.8 Å². The minimum Gasteiger partial charge on any atom is -0.480 e. The number of halogens is 1. The van der Waals surface area contributed by atoms with E-state index in [1.54, 1.807) is 6.92 Å². The van der Waals surface area contributed by atoms with E-state index in [1.165, 1.54) is 12.3 Å². The van der Waals surface area contributed by atoms with Crippen LogP contribution in [0.4, 0.5) is 5.82 Å². The van der Waals surface area contributed by atoms with E-state index in [0.717, 1.165) is 4.31 Å². The smallest absolute Gasteiger partial charge is 0.322 e. The molecule has 0 radical (unpaired) electrons. The molecule has 1 aliphatic heterocycles. The average Bonchev–Trinajstić information content (AvgIpc) is 2.40. The van der Waals surface area contributed by atoms with Crippen LogP contribution in [-0.4, -0.2) is 41.4 Å². The summed E-state index contributed by atoms with van der Waals surface area (Å²) in [7, 11) is -4.06. The first-order chi connectivity index (χ1) is 9.75. The molecule has 116 valence electrons. The van der Waals surface area contributed by atoms with Crippen molar-refractivity contribution in [3.8, 4) is 0 Å². The van der Waals surface area contributed by atoms with Crippen molar-refractivity contribution in [2.75, 3.05) is 12.3 Å². The third-order valence-electron chi connectivity index (χ3n) is 3.58. The van der Waals surface area contributed by atoms with Crippen molar-refractivity contribution < 1.29 is 18.3 Å². The maximum atomic E-state index is 12.7. The molecule has 0 amide bonds. The molecule has 3 N–H and O–H groups in total. The Kier molecular flexibility index (Phi) is 4.40. The first-order valence-electron chi connectivity index (χ1n) is 6.41. The summed E-state index contributed by atoms with van der Waals surface area (Å²) in [4.78, 5) is 14.9. The van der Waals surface area contributed by atoms with Gasteiger partial charge in [-0.05, 0) is 24.8 Å². The second-order valence-electron chi connectivity index (χ2n) is 5.06. The minimum atomic E-state index is -4.06. The third kappa shape index (κ3) is 2.97. The summed E-state index contributed by atoms with van der Waals surface area (Å²) in [6.45, 7) is 1.86. The standard InChI is InChI=1S/C12H16ClN3O4S/c1-7-3-2-4-16(10(7)12(17)18)21(19,20)9-5-8(13)6-15-11(9)14/h5-7,10H,2-4H2,1H3,(H2,14,15)(H,17,18). The lowest BCUT2D eigenvalue weighted by Crippen LogP contribution is -2.51. The van der Waals surface area contributed by atoms with E-state index in [-0.39, 0.29) is 28.2 Å². The highest BCUT2D eigenvalue weighted by molar-refractivity contribution is 7.89. The molecule has 2 rings (SSSR count). The van der Waals surface area contributed by atoms with Gasteiger partial charge in [0.25, 0.3) is 0 Å². The lowest BCUT2D eigenvalue weighted by Gasteiger charge is -2.36. The molecule has 2 heterocycles. The molecule has 1 aliphatic rings. The number of sulfonamides is 1. The summed E-state index contributed by atoms with van der Waals surface area (Å²) in [5.74, 6) is -1.64. The number of hydrogen-bond acceptors (Lipinski definition) is 5. The van der Waals surface area contributed by atoms with Crippen molar-refractivity contribution in [3.63, 3.8) is 0 Å². The predicted octanol–water partition coefficient (Wildman–Crippen LogP) is 1.19. The fraction of sp³-hybridized carbons (Fsp3) is 0.500. The molecule has 7 nitrogen and oxygen atoms in total. The summed E-state index contributed by atoms with van der Waals surface area (Å²) in [5.41, 5.74) is 5.62. The number of nitrogen functional groups attached to an aromatic ring is 1. The Morgan fingerprint density at radius 3 is 2.86 bits per heavy atom. The lowest BCUT2D eigenvalue weighted by molar-refractivity contribution is -0.144. The van der Waals surface area contributed by atoms with E-state index in [1.807, 2.05) is 0 Å². The van der Waals surface area contributed by atoms with Crippen molar-refractivity contribution in [1.29, 1.82) is 0 Å². The first-order valence-corrected chi connectivity index (χ1v) is 8.22. The van der Waals surface area contributed by atoms with Crippen LogP contribution < -0.4 is 5.73 Å². The Hall–Kier alpha value is -1.38. The van der Waals surface area contributed by atoms with Gasteiger partial charge in [-0.1, -0.05) is 18.5 Å². The molecule has 21 heavy (non-hydrogen) atoms. The van der Waals surface area contributed by atoms with Crippen LogP contribution in [0.5, 0.6) is 0 Å². The highest BCUT2D eigenvalue weighted by atomic mass is 35.5. The molecular weight excluding hydrogens is 318 g/mol. The number of pyridine rings is 1. The number of nitrogens with two attached hydrogens (primary N) is 1. The largest absolute Gasteiger partial charge is 0.480 e. The van der Waals surface area contributed by atoms with Crippen molar-refractivity contribution in [2.45, 2.75) is 30.7 Å². The van der Waals surface area contributed by atoms with Gasteiger partial charge in [-0.3, -0.25) is 4.79 Å². The number of carboxylic acids is 1. The molecule has 0 aromatic carbocycles. The number of aromatic nitrogens is 1.